The normalized spacial score (nSPS) is 14.8. The van der Waals surface area contributed by atoms with E-state index in [1.165, 1.54) is 0 Å². The standard InChI is InChI=1S/C89H142O17P2/c1-5-9-13-17-21-25-29-33-37-39-41-43-47-49-53-57-61-65-69-73-86(91)99-79-84(105-88(93)75-71-67-63-59-55-51-45-35-31-27-23-19-15-11-7-3)81-103-107(95,96)101-77-83(90)78-102-108(97,98)104-82-85(106-89(94)76-72-68-64-60-56-52-46-36-32-28-24-20-16-12-8-4)80-100-87(92)74-70-66-62-58-54-50-48-44-42-40-38-34-30-26-22-18-14-10-6-2/h9-16,21-28,33-38,41-46,49-50,53-54,83-85,90H,5-8,17-20,29-32,39-40,47-48,51-52,55-82H2,1-4H3,(H,95,96)(H,97,98)/b13-9-,14-10-,15-11-,16-12-,25-21-,26-22-,27-23-,28-24-,37-33-,38-34-,43-41-,44-42-,45-35-,46-36-,53-49-,54-50-. The molecule has 0 aliphatic carbocycles. The second kappa shape index (κ2) is 79.0. The smallest absolute Gasteiger partial charge is 0.462 e. The summed E-state index contributed by atoms with van der Waals surface area (Å²) in [5, 5.41) is 10.7. The number of phosphoric ester groups is 2. The maximum Gasteiger partial charge on any atom is 0.472 e. The van der Waals surface area contributed by atoms with E-state index in [9.17, 15) is 43.2 Å². The summed E-state index contributed by atoms with van der Waals surface area (Å²) in [6.07, 6.45) is 96.9. The lowest BCUT2D eigenvalue weighted by molar-refractivity contribution is -0.161. The molecule has 0 spiro atoms. The van der Waals surface area contributed by atoms with Crippen LogP contribution in [0.4, 0.5) is 0 Å². The Morgan fingerprint density at radius 3 is 0.704 bits per heavy atom. The van der Waals surface area contributed by atoms with E-state index in [4.69, 9.17) is 37.0 Å². The van der Waals surface area contributed by atoms with Gasteiger partial charge < -0.3 is 33.8 Å². The number of rotatable bonds is 74. The zero-order chi connectivity index (χ0) is 78.9. The summed E-state index contributed by atoms with van der Waals surface area (Å²) in [5.74, 6) is -2.30. The molecule has 4 unspecified atom stereocenters. The van der Waals surface area contributed by atoms with Crippen molar-refractivity contribution in [1.82, 2.24) is 0 Å². The van der Waals surface area contributed by atoms with Crippen LogP contribution in [0.5, 0.6) is 0 Å². The van der Waals surface area contributed by atoms with Crippen LogP contribution in [0.15, 0.2) is 194 Å². The van der Waals surface area contributed by atoms with Gasteiger partial charge in [0.2, 0.25) is 0 Å². The van der Waals surface area contributed by atoms with Crippen molar-refractivity contribution in [3.05, 3.63) is 194 Å². The van der Waals surface area contributed by atoms with Crippen LogP contribution in [-0.2, 0) is 65.4 Å². The highest BCUT2D eigenvalue weighted by Crippen LogP contribution is 2.45. The van der Waals surface area contributed by atoms with Crippen molar-refractivity contribution in [3.63, 3.8) is 0 Å². The number of ether oxygens (including phenoxy) is 4. The van der Waals surface area contributed by atoms with Gasteiger partial charge in [-0.1, -0.05) is 273 Å². The van der Waals surface area contributed by atoms with Crippen molar-refractivity contribution in [2.45, 2.75) is 303 Å². The predicted molar refractivity (Wildman–Crippen MR) is 445 cm³/mol. The second-order valence-electron chi connectivity index (χ2n) is 26.2. The van der Waals surface area contributed by atoms with E-state index in [0.717, 1.165) is 205 Å². The van der Waals surface area contributed by atoms with Gasteiger partial charge in [0.05, 0.1) is 26.4 Å². The Morgan fingerprint density at radius 1 is 0.259 bits per heavy atom. The first-order valence-corrected chi connectivity index (χ1v) is 43.7. The Morgan fingerprint density at radius 2 is 0.454 bits per heavy atom. The average Bonchev–Trinajstić information content (AvgIpc) is 0.923. The van der Waals surface area contributed by atoms with Gasteiger partial charge >= 0.3 is 39.5 Å². The highest BCUT2D eigenvalue weighted by molar-refractivity contribution is 7.47. The quantitative estimate of drug-likeness (QED) is 0.0169. The monoisotopic (exact) mass is 1540 g/mol. The lowest BCUT2D eigenvalue weighted by atomic mass is 10.1. The molecule has 0 aliphatic heterocycles. The summed E-state index contributed by atoms with van der Waals surface area (Å²) in [4.78, 5) is 73.1. The zero-order valence-corrected chi connectivity index (χ0v) is 68.5. The van der Waals surface area contributed by atoms with Crippen molar-refractivity contribution in [1.29, 1.82) is 0 Å². The Bertz CT molecular complexity index is 2630. The van der Waals surface area contributed by atoms with E-state index in [0.29, 0.717) is 25.7 Å². The van der Waals surface area contributed by atoms with Crippen molar-refractivity contribution in [2.24, 2.45) is 0 Å². The molecule has 0 radical (unpaired) electrons. The van der Waals surface area contributed by atoms with Gasteiger partial charge in [-0.05, 0) is 180 Å². The van der Waals surface area contributed by atoms with Crippen LogP contribution in [0, 0.1) is 0 Å². The lowest BCUT2D eigenvalue weighted by Gasteiger charge is -2.21. The highest BCUT2D eigenvalue weighted by atomic mass is 31.2. The molecule has 0 rings (SSSR count). The molecule has 19 heteroatoms. The largest absolute Gasteiger partial charge is 0.472 e. The van der Waals surface area contributed by atoms with E-state index >= 15 is 0 Å². The Labute approximate surface area is 653 Å². The molecule has 610 valence electrons. The van der Waals surface area contributed by atoms with Gasteiger partial charge in [-0.15, -0.1) is 0 Å². The Hall–Kier alpha value is -6.10. The summed E-state index contributed by atoms with van der Waals surface area (Å²) in [7, 11) is -10.0. The van der Waals surface area contributed by atoms with E-state index in [1.807, 2.05) is 0 Å². The maximum absolute atomic E-state index is 13.1. The van der Waals surface area contributed by atoms with Crippen LogP contribution in [0.3, 0.4) is 0 Å². The summed E-state index contributed by atoms with van der Waals surface area (Å²) < 4.78 is 68.6. The first-order chi connectivity index (χ1) is 52.7. The van der Waals surface area contributed by atoms with Gasteiger partial charge in [-0.2, -0.15) is 0 Å². The summed E-state index contributed by atoms with van der Waals surface area (Å²) in [5.41, 5.74) is 0. The molecular formula is C89H142O17P2. The molecule has 0 saturated carbocycles. The number of aliphatic hydroxyl groups excluding tert-OH is 1. The minimum atomic E-state index is -5.01. The molecule has 0 aromatic rings. The number of aliphatic hydroxyl groups is 1. The third kappa shape index (κ3) is 78.0. The molecule has 0 aromatic carbocycles. The fourth-order valence-electron chi connectivity index (χ4n) is 10.0. The first kappa shape index (κ1) is 102. The zero-order valence-electron chi connectivity index (χ0n) is 66.7. The molecule has 0 aromatic heterocycles. The van der Waals surface area contributed by atoms with Gasteiger partial charge in [0.1, 0.15) is 19.3 Å². The summed E-state index contributed by atoms with van der Waals surface area (Å²) >= 11 is 0. The number of allylic oxidation sites excluding steroid dienone is 32. The minimum absolute atomic E-state index is 0.0591. The third-order valence-corrected chi connectivity index (χ3v) is 17.9. The third-order valence-electron chi connectivity index (χ3n) is 16.0. The average molecular weight is 1550 g/mol. The molecule has 0 bridgehead atoms. The van der Waals surface area contributed by atoms with E-state index in [2.05, 4.69) is 222 Å². The first-order valence-electron chi connectivity index (χ1n) is 40.7. The Balaban J connectivity index is 5.48. The molecule has 0 fully saturated rings. The number of carbonyl (C=O) groups is 4. The van der Waals surface area contributed by atoms with Gasteiger partial charge in [-0.25, -0.2) is 9.13 Å². The van der Waals surface area contributed by atoms with E-state index in [1.54, 1.807) is 0 Å². The van der Waals surface area contributed by atoms with Crippen LogP contribution in [-0.4, -0.2) is 96.7 Å². The minimum Gasteiger partial charge on any atom is -0.462 e. The van der Waals surface area contributed by atoms with Crippen molar-refractivity contribution < 1.29 is 80.2 Å². The predicted octanol–water partition coefficient (Wildman–Crippen LogP) is 24.1. The molecule has 3 N–H and O–H groups in total. The molecule has 0 aliphatic rings. The molecular weight excluding hydrogens is 1400 g/mol. The molecule has 17 nitrogen and oxygen atoms in total. The topological polar surface area (TPSA) is 237 Å². The second-order valence-corrected chi connectivity index (χ2v) is 29.1. The molecule has 0 heterocycles. The number of hydrogen-bond acceptors (Lipinski definition) is 15. The molecule has 108 heavy (non-hydrogen) atoms. The number of esters is 4. The van der Waals surface area contributed by atoms with Gasteiger partial charge in [0.25, 0.3) is 0 Å². The number of carbonyl (C=O) groups excluding carboxylic acids is 4. The maximum atomic E-state index is 13.1. The van der Waals surface area contributed by atoms with Crippen molar-refractivity contribution >= 4 is 39.5 Å². The lowest BCUT2D eigenvalue weighted by Crippen LogP contribution is -2.30. The summed E-state index contributed by atoms with van der Waals surface area (Å²) in [6, 6.07) is 0. The van der Waals surface area contributed by atoms with Crippen LogP contribution >= 0.6 is 15.6 Å². The highest BCUT2D eigenvalue weighted by Gasteiger charge is 2.30. The van der Waals surface area contributed by atoms with Crippen LogP contribution < -0.4 is 0 Å². The van der Waals surface area contributed by atoms with Crippen molar-refractivity contribution in [3.8, 4) is 0 Å². The number of hydrogen-bond donors (Lipinski definition) is 3. The number of phosphoric acid groups is 2. The molecule has 4 atom stereocenters. The van der Waals surface area contributed by atoms with E-state index < -0.39 is 97.5 Å². The van der Waals surface area contributed by atoms with E-state index in [-0.39, 0.29) is 25.7 Å². The number of unbranched alkanes of at least 4 members (excludes halogenated alkanes) is 16. The summed E-state index contributed by atoms with van der Waals surface area (Å²) in [6.45, 7) is 4.29. The fraction of sp³-hybridized carbons (Fsp3) is 0.596. The van der Waals surface area contributed by atoms with Crippen LogP contribution in [0.2, 0.25) is 0 Å². The Kier molecular flexibility index (Phi) is 74.5. The molecule has 0 amide bonds. The SMILES string of the molecule is CC/C=C\C/C=C\C/C=C\C/C=C\C/C=C\CCCCCC(=O)OCC(COP(=O)(O)OCC(O)COP(=O)(O)OCC(COC(=O)CCCCC/C=C\C/C=C\C/C=C\C/C=C\C/C=C\CC)OC(=O)CCCCCCC/C=C\C/C=C\C/C=C\CC)OC(=O)CCCCCCC/C=C\C/C=C\C/C=C\CC. The fourth-order valence-corrected chi connectivity index (χ4v) is 11.6. The van der Waals surface area contributed by atoms with Gasteiger partial charge in [-0.3, -0.25) is 37.3 Å². The molecule has 0 saturated heterocycles. The van der Waals surface area contributed by atoms with Crippen LogP contribution in [0.25, 0.3) is 0 Å². The van der Waals surface area contributed by atoms with Gasteiger partial charge in [0.15, 0.2) is 12.2 Å². The van der Waals surface area contributed by atoms with Gasteiger partial charge in [0, 0.05) is 25.7 Å². The van der Waals surface area contributed by atoms with Crippen molar-refractivity contribution in [2.75, 3.05) is 39.6 Å². The van der Waals surface area contributed by atoms with Crippen LogP contribution in [0.1, 0.15) is 285 Å².